The third kappa shape index (κ3) is 7.62. The maximum Gasteiger partial charge on any atom is 0.0463 e. The largest absolute Gasteiger partial charge is 0.385 e. The molecule has 0 spiro atoms. The molecular weight excluding hydrogens is 536 g/mol. The summed E-state index contributed by atoms with van der Waals surface area (Å²) >= 11 is 0. The van der Waals surface area contributed by atoms with Crippen molar-refractivity contribution < 1.29 is 0 Å². The summed E-state index contributed by atoms with van der Waals surface area (Å²) < 4.78 is 0. The Labute approximate surface area is 264 Å². The summed E-state index contributed by atoms with van der Waals surface area (Å²) in [6.45, 7) is 9.75. The van der Waals surface area contributed by atoms with E-state index in [9.17, 15) is 0 Å². The van der Waals surface area contributed by atoms with E-state index in [1.165, 1.54) is 40.9 Å². The Morgan fingerprint density at radius 2 is 1.16 bits per heavy atom. The van der Waals surface area contributed by atoms with E-state index < -0.39 is 0 Å². The number of nitrogens with one attached hydrogen (secondary N) is 1. The van der Waals surface area contributed by atoms with Crippen LogP contribution in [0.2, 0.25) is 0 Å². The molecule has 0 heterocycles. The lowest BCUT2D eigenvalue weighted by Crippen LogP contribution is -2.18. The topological polar surface area (TPSA) is 44.5 Å². The molecule has 1 unspecified atom stereocenters. The van der Waals surface area contributed by atoms with Gasteiger partial charge in [0.1, 0.15) is 0 Å². The first kappa shape index (κ1) is 31.2. The van der Waals surface area contributed by atoms with Crippen LogP contribution in [0.5, 0.6) is 0 Å². The van der Waals surface area contributed by atoms with E-state index in [2.05, 4.69) is 152 Å². The van der Waals surface area contributed by atoms with Crippen LogP contribution in [0.25, 0.3) is 0 Å². The fraction of sp³-hybridized carbons (Fsp3) is 0.300. The van der Waals surface area contributed by atoms with Crippen LogP contribution in [0.4, 0.5) is 34.1 Å². The molecule has 5 rings (SSSR count). The molecule has 0 saturated heterocycles. The average molecular weight is 585 g/mol. The van der Waals surface area contributed by atoms with Crippen molar-refractivity contribution in [1.29, 1.82) is 0 Å². The minimum atomic E-state index is 0.0655. The van der Waals surface area contributed by atoms with Crippen LogP contribution in [0, 0.1) is 6.92 Å². The molecular formula is C40H48N4. The van der Waals surface area contributed by atoms with Crippen molar-refractivity contribution in [1.82, 2.24) is 0 Å². The Kier molecular flexibility index (Phi) is 10.6. The third-order valence-corrected chi connectivity index (χ3v) is 8.45. The standard InChI is InChI=1S/C40H48N4/c1-5-7-29-42-33-15-23-37(24-16-33)44(36-21-13-32(14-22-36)40(41)8-6-2)39-27-25-38(26-28-39)43(34-17-9-30(3)10-18-34)35-19-11-31(4)12-20-35/h9-11,13-19,21-28,40,42H,5-8,12,20,29,41H2,1-4H3. The van der Waals surface area contributed by atoms with Crippen molar-refractivity contribution in [2.75, 3.05) is 21.7 Å². The molecule has 1 aliphatic carbocycles. The number of nitrogens with two attached hydrogens (primary N) is 1. The van der Waals surface area contributed by atoms with Gasteiger partial charge >= 0.3 is 0 Å². The van der Waals surface area contributed by atoms with E-state index in [1.807, 2.05) is 0 Å². The van der Waals surface area contributed by atoms with Crippen LogP contribution >= 0.6 is 0 Å². The zero-order valence-corrected chi connectivity index (χ0v) is 26.9. The van der Waals surface area contributed by atoms with Gasteiger partial charge in [-0.1, -0.05) is 68.2 Å². The SMILES string of the molecule is CCCCNc1ccc(N(c2ccc(C(N)CCC)cc2)c2ccc(N(C3=CC=C(C)CC3)c3ccc(C)cc3)cc2)cc1. The minimum absolute atomic E-state index is 0.0655. The molecule has 0 radical (unpaired) electrons. The Bertz CT molecular complexity index is 1530. The van der Waals surface area contributed by atoms with Crippen molar-refractivity contribution in [3.8, 4) is 0 Å². The number of unbranched alkanes of at least 4 members (excludes halogenated alkanes) is 1. The monoisotopic (exact) mass is 584 g/mol. The van der Waals surface area contributed by atoms with E-state index in [0.717, 1.165) is 60.7 Å². The van der Waals surface area contributed by atoms with Crippen LogP contribution in [-0.2, 0) is 0 Å². The van der Waals surface area contributed by atoms with Crippen LogP contribution in [0.3, 0.4) is 0 Å². The highest BCUT2D eigenvalue weighted by atomic mass is 15.2. The molecule has 0 saturated carbocycles. The molecule has 228 valence electrons. The molecule has 4 aromatic carbocycles. The number of nitrogens with zero attached hydrogens (tertiary/aromatic N) is 2. The molecule has 1 aliphatic rings. The Balaban J connectivity index is 1.51. The highest BCUT2D eigenvalue weighted by Crippen LogP contribution is 2.39. The molecule has 4 aromatic rings. The van der Waals surface area contributed by atoms with Gasteiger partial charge in [0.05, 0.1) is 0 Å². The van der Waals surface area contributed by atoms with Gasteiger partial charge in [-0.2, -0.15) is 0 Å². The van der Waals surface area contributed by atoms with Gasteiger partial charge in [0.15, 0.2) is 0 Å². The number of allylic oxidation sites excluding steroid dienone is 4. The molecule has 1 atom stereocenters. The van der Waals surface area contributed by atoms with Gasteiger partial charge < -0.3 is 20.9 Å². The predicted molar refractivity (Wildman–Crippen MR) is 191 cm³/mol. The zero-order valence-electron chi connectivity index (χ0n) is 26.9. The second kappa shape index (κ2) is 14.9. The second-order valence-corrected chi connectivity index (χ2v) is 12.0. The highest BCUT2D eigenvalue weighted by Gasteiger charge is 2.19. The summed E-state index contributed by atoms with van der Waals surface area (Å²) in [6.07, 6.45) is 11.1. The first-order valence-electron chi connectivity index (χ1n) is 16.3. The van der Waals surface area contributed by atoms with Crippen LogP contribution in [0.15, 0.2) is 120 Å². The van der Waals surface area contributed by atoms with Crippen molar-refractivity contribution in [3.63, 3.8) is 0 Å². The maximum atomic E-state index is 6.46. The average Bonchev–Trinajstić information content (AvgIpc) is 3.05. The van der Waals surface area contributed by atoms with Crippen LogP contribution in [-0.4, -0.2) is 6.54 Å². The highest BCUT2D eigenvalue weighted by molar-refractivity contribution is 5.79. The fourth-order valence-corrected chi connectivity index (χ4v) is 5.78. The number of hydrogen-bond acceptors (Lipinski definition) is 4. The van der Waals surface area contributed by atoms with Gasteiger partial charge in [0.25, 0.3) is 0 Å². The molecule has 4 heteroatoms. The lowest BCUT2D eigenvalue weighted by Gasteiger charge is -2.31. The minimum Gasteiger partial charge on any atom is -0.385 e. The number of hydrogen-bond donors (Lipinski definition) is 2. The van der Waals surface area contributed by atoms with Gasteiger partial charge in [-0.3, -0.25) is 0 Å². The summed E-state index contributed by atoms with van der Waals surface area (Å²) in [6, 6.07) is 35.4. The molecule has 3 N–H and O–H groups in total. The third-order valence-electron chi connectivity index (χ3n) is 8.45. The number of aryl methyl sites for hydroxylation is 1. The molecule has 0 aromatic heterocycles. The van der Waals surface area contributed by atoms with Gasteiger partial charge in [-0.15, -0.1) is 0 Å². The Hall–Kier alpha value is -4.28. The maximum absolute atomic E-state index is 6.46. The van der Waals surface area contributed by atoms with E-state index in [-0.39, 0.29) is 6.04 Å². The van der Waals surface area contributed by atoms with Gasteiger partial charge in [-0.05, 0) is 124 Å². The predicted octanol–water partition coefficient (Wildman–Crippen LogP) is 11.2. The number of anilines is 6. The first-order chi connectivity index (χ1) is 21.5. The summed E-state index contributed by atoms with van der Waals surface area (Å²) in [5, 5.41) is 3.55. The second-order valence-electron chi connectivity index (χ2n) is 12.0. The van der Waals surface area contributed by atoms with Crippen molar-refractivity contribution in [2.45, 2.75) is 72.3 Å². The molecule has 44 heavy (non-hydrogen) atoms. The van der Waals surface area contributed by atoms with E-state index in [0.29, 0.717) is 0 Å². The van der Waals surface area contributed by atoms with Gasteiger partial charge in [0.2, 0.25) is 0 Å². The van der Waals surface area contributed by atoms with Crippen molar-refractivity contribution >= 4 is 34.1 Å². The Morgan fingerprint density at radius 1 is 0.636 bits per heavy atom. The smallest absolute Gasteiger partial charge is 0.0463 e. The summed E-state index contributed by atoms with van der Waals surface area (Å²) in [5.74, 6) is 0. The van der Waals surface area contributed by atoms with E-state index >= 15 is 0 Å². The normalized spacial score (nSPS) is 13.6. The fourth-order valence-electron chi connectivity index (χ4n) is 5.78. The Morgan fingerprint density at radius 3 is 1.68 bits per heavy atom. The van der Waals surface area contributed by atoms with Crippen LogP contribution in [0.1, 0.15) is 76.5 Å². The van der Waals surface area contributed by atoms with Gasteiger partial charge in [0, 0.05) is 52.4 Å². The van der Waals surface area contributed by atoms with E-state index in [4.69, 9.17) is 5.73 Å². The molecule has 4 nitrogen and oxygen atoms in total. The van der Waals surface area contributed by atoms with E-state index in [1.54, 1.807) is 0 Å². The lowest BCUT2D eigenvalue weighted by atomic mass is 10.0. The molecule has 0 amide bonds. The van der Waals surface area contributed by atoms with Crippen molar-refractivity contribution in [2.24, 2.45) is 5.73 Å². The van der Waals surface area contributed by atoms with Gasteiger partial charge in [-0.25, -0.2) is 0 Å². The zero-order chi connectivity index (χ0) is 30.9. The number of benzene rings is 4. The molecule has 0 fully saturated rings. The summed E-state index contributed by atoms with van der Waals surface area (Å²) in [5.41, 5.74) is 18.5. The molecule has 0 bridgehead atoms. The first-order valence-corrected chi connectivity index (χ1v) is 16.3. The number of rotatable bonds is 13. The van der Waals surface area contributed by atoms with Crippen molar-refractivity contribution in [3.05, 3.63) is 132 Å². The summed E-state index contributed by atoms with van der Waals surface area (Å²) in [7, 11) is 0. The quantitative estimate of drug-likeness (QED) is 0.153. The molecule has 0 aliphatic heterocycles. The summed E-state index contributed by atoms with van der Waals surface area (Å²) in [4.78, 5) is 4.73. The van der Waals surface area contributed by atoms with Crippen LogP contribution < -0.4 is 20.9 Å². The lowest BCUT2D eigenvalue weighted by molar-refractivity contribution is 0.638.